The number of carbonyl (C=O) groups excluding carboxylic acids is 2. The first-order valence-electron chi connectivity index (χ1n) is 8.72. The third kappa shape index (κ3) is 4.95. The van der Waals surface area contributed by atoms with Crippen molar-refractivity contribution >= 4 is 51.2 Å². The van der Waals surface area contributed by atoms with E-state index in [1.807, 2.05) is 31.4 Å². The quantitative estimate of drug-likeness (QED) is 0.564. The summed E-state index contributed by atoms with van der Waals surface area (Å²) in [5, 5.41) is 17.3. The van der Waals surface area contributed by atoms with Gasteiger partial charge < -0.3 is 5.32 Å². The molecule has 2 aromatic heterocycles. The molecule has 3 aromatic rings. The number of rotatable bonds is 7. The Labute approximate surface area is 176 Å². The summed E-state index contributed by atoms with van der Waals surface area (Å²) in [5.41, 5.74) is 0.867. The highest BCUT2D eigenvalue weighted by atomic mass is 35.5. The van der Waals surface area contributed by atoms with E-state index in [0.29, 0.717) is 20.0 Å². The van der Waals surface area contributed by atoms with E-state index in [1.54, 1.807) is 24.3 Å². The summed E-state index contributed by atoms with van der Waals surface area (Å²) in [4.78, 5) is 25.8. The van der Waals surface area contributed by atoms with Crippen LogP contribution in [0.5, 0.6) is 0 Å². The molecule has 146 valence electrons. The molecular formula is C19H19ClN4O2S2. The topological polar surface area (TPSA) is 84.0 Å². The van der Waals surface area contributed by atoms with Crippen molar-refractivity contribution in [1.29, 1.82) is 0 Å². The monoisotopic (exact) mass is 434 g/mol. The molecule has 0 bridgehead atoms. The molecule has 2 N–H and O–H groups in total. The maximum Gasteiger partial charge on any atom is 0.262 e. The molecule has 2 heterocycles. The van der Waals surface area contributed by atoms with Crippen molar-refractivity contribution in [2.45, 2.75) is 26.3 Å². The third-order valence-corrected chi connectivity index (χ3v) is 6.28. The maximum atomic E-state index is 12.8. The zero-order valence-electron chi connectivity index (χ0n) is 15.3. The fraction of sp³-hybridized carbons (Fsp3) is 0.263. The number of thiophene rings is 1. The molecule has 2 amide bonds. The van der Waals surface area contributed by atoms with Gasteiger partial charge in [0.2, 0.25) is 11.0 Å². The SMILES string of the molecule is CCC(C)C(NC(=O)c1cccs1)C(=O)Nc1nnc(-c2ccc(Cl)cc2)s1. The molecule has 0 spiro atoms. The lowest BCUT2D eigenvalue weighted by Gasteiger charge is -2.22. The largest absolute Gasteiger partial charge is 0.339 e. The van der Waals surface area contributed by atoms with Gasteiger partial charge in [-0.2, -0.15) is 0 Å². The van der Waals surface area contributed by atoms with Crippen LogP contribution in [0.15, 0.2) is 41.8 Å². The van der Waals surface area contributed by atoms with Crippen molar-refractivity contribution < 1.29 is 9.59 Å². The normalized spacial score (nSPS) is 13.0. The first kappa shape index (κ1) is 20.4. The predicted octanol–water partition coefficient (Wildman–Crippen LogP) is 4.70. The first-order chi connectivity index (χ1) is 13.5. The van der Waals surface area contributed by atoms with Gasteiger partial charge in [-0.1, -0.05) is 61.4 Å². The van der Waals surface area contributed by atoms with Crippen molar-refractivity contribution in [2.24, 2.45) is 5.92 Å². The van der Waals surface area contributed by atoms with Crippen LogP contribution in [0.1, 0.15) is 29.9 Å². The van der Waals surface area contributed by atoms with E-state index >= 15 is 0 Å². The van der Waals surface area contributed by atoms with Gasteiger partial charge in [0.05, 0.1) is 4.88 Å². The molecule has 2 unspecified atom stereocenters. The molecule has 6 nitrogen and oxygen atoms in total. The van der Waals surface area contributed by atoms with Crippen LogP contribution in [-0.4, -0.2) is 28.1 Å². The summed E-state index contributed by atoms with van der Waals surface area (Å²) in [5.74, 6) is -0.597. The Morgan fingerprint density at radius 2 is 1.93 bits per heavy atom. The zero-order valence-corrected chi connectivity index (χ0v) is 17.7. The molecule has 1 aromatic carbocycles. The fourth-order valence-corrected chi connectivity index (χ4v) is 3.99. The maximum absolute atomic E-state index is 12.8. The van der Waals surface area contributed by atoms with Crippen molar-refractivity contribution in [3.05, 3.63) is 51.7 Å². The Bertz CT molecular complexity index is 941. The van der Waals surface area contributed by atoms with Crippen molar-refractivity contribution in [3.8, 4) is 10.6 Å². The molecule has 2 atom stereocenters. The van der Waals surface area contributed by atoms with Crippen molar-refractivity contribution in [2.75, 3.05) is 5.32 Å². The van der Waals surface area contributed by atoms with Gasteiger partial charge in [0.15, 0.2) is 0 Å². The van der Waals surface area contributed by atoms with E-state index in [0.717, 1.165) is 12.0 Å². The van der Waals surface area contributed by atoms with Crippen molar-refractivity contribution in [1.82, 2.24) is 15.5 Å². The van der Waals surface area contributed by atoms with Gasteiger partial charge >= 0.3 is 0 Å². The van der Waals surface area contributed by atoms with Crippen LogP contribution in [0.2, 0.25) is 5.02 Å². The van der Waals surface area contributed by atoms with Crippen LogP contribution >= 0.6 is 34.3 Å². The molecule has 9 heteroatoms. The molecular weight excluding hydrogens is 416 g/mol. The summed E-state index contributed by atoms with van der Waals surface area (Å²) in [6, 6.07) is 10.1. The van der Waals surface area contributed by atoms with Crippen LogP contribution in [0, 0.1) is 5.92 Å². The molecule has 0 saturated carbocycles. The average molecular weight is 435 g/mol. The van der Waals surface area contributed by atoms with E-state index in [2.05, 4.69) is 20.8 Å². The van der Waals surface area contributed by atoms with Crippen molar-refractivity contribution in [3.63, 3.8) is 0 Å². The Morgan fingerprint density at radius 3 is 2.57 bits per heavy atom. The van der Waals surface area contributed by atoms with Gasteiger partial charge in [-0.05, 0) is 29.5 Å². The second-order valence-electron chi connectivity index (χ2n) is 6.22. The fourth-order valence-electron chi connectivity index (χ4n) is 2.49. The van der Waals surface area contributed by atoms with Crippen LogP contribution in [-0.2, 0) is 4.79 Å². The van der Waals surface area contributed by atoms with E-state index < -0.39 is 6.04 Å². The summed E-state index contributed by atoms with van der Waals surface area (Å²) in [6.45, 7) is 3.91. The highest BCUT2D eigenvalue weighted by Crippen LogP contribution is 2.27. The van der Waals surface area contributed by atoms with Gasteiger partial charge in [-0.15, -0.1) is 21.5 Å². The van der Waals surface area contributed by atoms with E-state index in [-0.39, 0.29) is 17.7 Å². The summed E-state index contributed by atoms with van der Waals surface area (Å²) in [7, 11) is 0. The zero-order chi connectivity index (χ0) is 20.1. The minimum Gasteiger partial charge on any atom is -0.339 e. The number of carbonyl (C=O) groups is 2. The minimum atomic E-state index is -0.664. The second-order valence-corrected chi connectivity index (χ2v) is 8.58. The smallest absolute Gasteiger partial charge is 0.262 e. The molecule has 0 fully saturated rings. The molecule has 0 aliphatic heterocycles. The number of halogens is 1. The summed E-state index contributed by atoms with van der Waals surface area (Å²) >= 11 is 8.51. The lowest BCUT2D eigenvalue weighted by atomic mass is 9.98. The van der Waals surface area contributed by atoms with E-state index in [9.17, 15) is 9.59 Å². The Balaban J connectivity index is 1.71. The predicted molar refractivity (Wildman–Crippen MR) is 114 cm³/mol. The van der Waals surface area contributed by atoms with E-state index in [4.69, 9.17) is 11.6 Å². The number of amides is 2. The highest BCUT2D eigenvalue weighted by Gasteiger charge is 2.27. The Morgan fingerprint density at radius 1 is 1.18 bits per heavy atom. The first-order valence-corrected chi connectivity index (χ1v) is 10.8. The van der Waals surface area contributed by atoms with Gasteiger partial charge in [-0.3, -0.25) is 14.9 Å². The standard InChI is InChI=1S/C19H19ClN4O2S2/c1-3-11(2)15(21-16(25)14-5-4-10-27-14)17(26)22-19-24-23-18(28-19)12-6-8-13(20)9-7-12/h4-11,15H,3H2,1-2H3,(H,21,25)(H,22,24,26). The van der Waals surface area contributed by atoms with Gasteiger partial charge in [0, 0.05) is 10.6 Å². The molecule has 3 rings (SSSR count). The van der Waals surface area contributed by atoms with Gasteiger partial charge in [0.1, 0.15) is 11.0 Å². The summed E-state index contributed by atoms with van der Waals surface area (Å²) in [6.07, 6.45) is 0.745. The average Bonchev–Trinajstić information content (AvgIpc) is 3.38. The molecule has 0 aliphatic rings. The molecule has 0 aliphatic carbocycles. The molecule has 0 radical (unpaired) electrons. The second kappa shape index (κ2) is 9.27. The Kier molecular flexibility index (Phi) is 6.77. The number of nitrogens with one attached hydrogen (secondary N) is 2. The third-order valence-electron chi connectivity index (χ3n) is 4.27. The highest BCUT2D eigenvalue weighted by molar-refractivity contribution is 7.18. The minimum absolute atomic E-state index is 0.0347. The number of aromatic nitrogens is 2. The van der Waals surface area contributed by atoms with Crippen LogP contribution < -0.4 is 10.6 Å². The van der Waals surface area contributed by atoms with Crippen LogP contribution in [0.3, 0.4) is 0 Å². The lowest BCUT2D eigenvalue weighted by Crippen LogP contribution is -2.47. The van der Waals surface area contributed by atoms with E-state index in [1.165, 1.54) is 22.7 Å². The number of anilines is 1. The van der Waals surface area contributed by atoms with Gasteiger partial charge in [-0.25, -0.2) is 0 Å². The number of benzene rings is 1. The molecule has 0 saturated heterocycles. The van der Waals surface area contributed by atoms with Crippen LogP contribution in [0.25, 0.3) is 10.6 Å². The van der Waals surface area contributed by atoms with Gasteiger partial charge in [0.25, 0.3) is 5.91 Å². The summed E-state index contributed by atoms with van der Waals surface area (Å²) < 4.78 is 0. The number of hydrogen-bond acceptors (Lipinski definition) is 6. The Hall–Kier alpha value is -2.29. The van der Waals surface area contributed by atoms with Crippen LogP contribution in [0.4, 0.5) is 5.13 Å². The number of hydrogen-bond donors (Lipinski definition) is 2. The molecule has 28 heavy (non-hydrogen) atoms. The lowest BCUT2D eigenvalue weighted by molar-refractivity contribution is -0.119. The number of nitrogens with zero attached hydrogens (tertiary/aromatic N) is 2.